The Hall–Kier alpha value is -0.860. The molecule has 0 spiro atoms. The van der Waals surface area contributed by atoms with Crippen LogP contribution >= 0.6 is 0 Å². The predicted octanol–water partition coefficient (Wildman–Crippen LogP) is 3.84. The van der Waals surface area contributed by atoms with Crippen LogP contribution in [0.15, 0.2) is 24.3 Å². The number of hydrogen-bond acceptors (Lipinski definition) is 2. The number of rotatable bonds is 7. The van der Waals surface area contributed by atoms with Gasteiger partial charge in [-0.15, -0.1) is 0 Å². The molecule has 1 aromatic carbocycles. The fourth-order valence-corrected chi connectivity index (χ4v) is 3.38. The lowest BCUT2D eigenvalue weighted by Gasteiger charge is -2.23. The van der Waals surface area contributed by atoms with Crippen molar-refractivity contribution in [3.05, 3.63) is 35.4 Å². The average Bonchev–Trinajstić information content (AvgIpc) is 2.67. The number of aliphatic hydroxyl groups is 1. The van der Waals surface area contributed by atoms with Crippen molar-refractivity contribution in [3.63, 3.8) is 0 Å². The number of benzene rings is 1. The van der Waals surface area contributed by atoms with Crippen LogP contribution in [0.25, 0.3) is 0 Å². The molecule has 0 heterocycles. The quantitative estimate of drug-likeness (QED) is 0.741. The summed E-state index contributed by atoms with van der Waals surface area (Å²) in [6.45, 7) is 3.58. The van der Waals surface area contributed by atoms with Crippen LogP contribution in [-0.4, -0.2) is 18.3 Å². The van der Waals surface area contributed by atoms with Crippen LogP contribution in [0, 0.1) is 5.92 Å². The van der Waals surface area contributed by atoms with Crippen LogP contribution in [0.2, 0.25) is 0 Å². The molecule has 2 heteroatoms. The molecule has 0 fully saturated rings. The summed E-state index contributed by atoms with van der Waals surface area (Å²) >= 11 is 0. The number of hydrogen-bond donors (Lipinski definition) is 2. The highest BCUT2D eigenvalue weighted by Crippen LogP contribution is 2.28. The molecular weight excluding hydrogens is 246 g/mol. The highest BCUT2D eigenvalue weighted by atomic mass is 16.3. The van der Waals surface area contributed by atoms with Gasteiger partial charge in [-0.1, -0.05) is 44.0 Å². The van der Waals surface area contributed by atoms with Gasteiger partial charge in [-0.25, -0.2) is 0 Å². The zero-order valence-electron chi connectivity index (χ0n) is 12.8. The van der Waals surface area contributed by atoms with Crippen molar-refractivity contribution in [1.82, 2.24) is 5.32 Å². The zero-order chi connectivity index (χ0) is 14.2. The maximum absolute atomic E-state index is 9.18. The second-order valence-electron chi connectivity index (χ2n) is 6.07. The maximum atomic E-state index is 9.18. The van der Waals surface area contributed by atoms with Crippen LogP contribution in [-0.2, 0) is 6.42 Å². The molecule has 2 rings (SSSR count). The van der Waals surface area contributed by atoms with E-state index in [1.165, 1.54) is 49.7 Å². The summed E-state index contributed by atoms with van der Waals surface area (Å²) in [6.07, 6.45) is 8.43. The van der Waals surface area contributed by atoms with Gasteiger partial charge in [0.2, 0.25) is 0 Å². The van der Waals surface area contributed by atoms with Crippen LogP contribution in [0.5, 0.6) is 0 Å². The average molecular weight is 275 g/mol. The molecule has 0 saturated heterocycles. The van der Waals surface area contributed by atoms with Gasteiger partial charge >= 0.3 is 0 Å². The Balaban J connectivity index is 1.97. The van der Waals surface area contributed by atoms with E-state index in [2.05, 4.69) is 36.5 Å². The summed E-state index contributed by atoms with van der Waals surface area (Å²) in [5.41, 5.74) is 3.03. The van der Waals surface area contributed by atoms with Gasteiger partial charge in [0.25, 0.3) is 0 Å². The summed E-state index contributed by atoms with van der Waals surface area (Å²) < 4.78 is 0. The molecule has 1 aliphatic carbocycles. The van der Waals surface area contributed by atoms with Crippen molar-refractivity contribution in [2.45, 2.75) is 57.9 Å². The third-order valence-corrected chi connectivity index (χ3v) is 4.51. The minimum absolute atomic E-state index is 0.313. The van der Waals surface area contributed by atoms with Crippen molar-refractivity contribution in [3.8, 4) is 0 Å². The second-order valence-corrected chi connectivity index (χ2v) is 6.07. The molecule has 20 heavy (non-hydrogen) atoms. The van der Waals surface area contributed by atoms with E-state index in [4.69, 9.17) is 0 Å². The molecule has 0 radical (unpaired) electrons. The van der Waals surface area contributed by atoms with E-state index in [9.17, 15) is 5.11 Å². The molecule has 112 valence electrons. The monoisotopic (exact) mass is 275 g/mol. The van der Waals surface area contributed by atoms with Crippen molar-refractivity contribution in [2.24, 2.45) is 5.92 Å². The van der Waals surface area contributed by atoms with E-state index in [0.29, 0.717) is 18.6 Å². The molecule has 2 atom stereocenters. The molecule has 0 bridgehead atoms. The van der Waals surface area contributed by atoms with E-state index in [-0.39, 0.29) is 0 Å². The Morgan fingerprint density at radius 1 is 1.25 bits per heavy atom. The van der Waals surface area contributed by atoms with Crippen LogP contribution in [0.4, 0.5) is 0 Å². The summed E-state index contributed by atoms with van der Waals surface area (Å²) in [5, 5.41) is 13.0. The molecule has 0 aromatic heterocycles. The fraction of sp³-hybridized carbons (Fsp3) is 0.667. The summed E-state index contributed by atoms with van der Waals surface area (Å²) in [5.74, 6) is 0.611. The van der Waals surface area contributed by atoms with Crippen molar-refractivity contribution >= 4 is 0 Å². The first-order valence-electron chi connectivity index (χ1n) is 8.27. The summed E-state index contributed by atoms with van der Waals surface area (Å²) in [6, 6.07) is 9.40. The first-order chi connectivity index (χ1) is 9.85. The lowest BCUT2D eigenvalue weighted by atomic mass is 9.96. The third-order valence-electron chi connectivity index (χ3n) is 4.51. The summed E-state index contributed by atoms with van der Waals surface area (Å²) in [4.78, 5) is 0. The third kappa shape index (κ3) is 4.32. The molecule has 0 saturated carbocycles. The smallest absolute Gasteiger partial charge is 0.0434 e. The van der Waals surface area contributed by atoms with Gasteiger partial charge in [0.1, 0.15) is 0 Å². The Kier molecular flexibility index (Phi) is 6.55. The number of aryl methyl sites for hydroxylation is 1. The lowest BCUT2D eigenvalue weighted by molar-refractivity contribution is 0.244. The van der Waals surface area contributed by atoms with Crippen LogP contribution < -0.4 is 5.32 Å². The second kappa shape index (κ2) is 8.43. The molecule has 1 aromatic rings. The SMILES string of the molecule is CCCC(CCO)CNC1CCCCc2ccccc21. The number of aliphatic hydroxyl groups excluding tert-OH is 1. The van der Waals surface area contributed by atoms with Gasteiger partial charge in [-0.3, -0.25) is 0 Å². The fourth-order valence-electron chi connectivity index (χ4n) is 3.38. The first kappa shape index (κ1) is 15.5. The zero-order valence-corrected chi connectivity index (χ0v) is 12.8. The van der Waals surface area contributed by atoms with E-state index >= 15 is 0 Å². The topological polar surface area (TPSA) is 32.3 Å². The van der Waals surface area contributed by atoms with E-state index in [1.807, 2.05) is 0 Å². The normalized spacial score (nSPS) is 20.2. The van der Waals surface area contributed by atoms with Gasteiger partial charge in [0.05, 0.1) is 0 Å². The van der Waals surface area contributed by atoms with Crippen molar-refractivity contribution in [1.29, 1.82) is 0 Å². The molecule has 0 aliphatic heterocycles. The summed E-state index contributed by atoms with van der Waals surface area (Å²) in [7, 11) is 0. The Morgan fingerprint density at radius 3 is 2.90 bits per heavy atom. The standard InChI is InChI=1S/C18H29NO/c1-2-7-15(12-13-20)14-19-18-11-6-4-9-16-8-3-5-10-17(16)18/h3,5,8,10,15,18-20H,2,4,6-7,9,11-14H2,1H3. The van der Waals surface area contributed by atoms with Gasteiger partial charge in [0.15, 0.2) is 0 Å². The van der Waals surface area contributed by atoms with Crippen molar-refractivity contribution in [2.75, 3.05) is 13.2 Å². The molecule has 2 unspecified atom stereocenters. The van der Waals surface area contributed by atoms with Gasteiger partial charge in [0, 0.05) is 12.6 Å². The minimum atomic E-state index is 0.313. The molecule has 2 N–H and O–H groups in total. The van der Waals surface area contributed by atoms with Crippen molar-refractivity contribution < 1.29 is 5.11 Å². The Bertz CT molecular complexity index is 385. The molecular formula is C18H29NO. The lowest BCUT2D eigenvalue weighted by Crippen LogP contribution is -2.28. The molecule has 2 nitrogen and oxygen atoms in total. The highest BCUT2D eigenvalue weighted by molar-refractivity contribution is 5.31. The largest absolute Gasteiger partial charge is 0.396 e. The van der Waals surface area contributed by atoms with Gasteiger partial charge in [-0.2, -0.15) is 0 Å². The van der Waals surface area contributed by atoms with E-state index in [0.717, 1.165) is 13.0 Å². The van der Waals surface area contributed by atoms with Gasteiger partial charge < -0.3 is 10.4 Å². The van der Waals surface area contributed by atoms with Crippen LogP contribution in [0.3, 0.4) is 0 Å². The molecule has 0 amide bonds. The minimum Gasteiger partial charge on any atom is -0.396 e. The van der Waals surface area contributed by atoms with E-state index < -0.39 is 0 Å². The first-order valence-corrected chi connectivity index (χ1v) is 8.27. The number of nitrogens with one attached hydrogen (secondary N) is 1. The maximum Gasteiger partial charge on any atom is 0.0434 e. The predicted molar refractivity (Wildman–Crippen MR) is 84.8 cm³/mol. The van der Waals surface area contributed by atoms with E-state index in [1.54, 1.807) is 0 Å². The van der Waals surface area contributed by atoms with Crippen LogP contribution in [0.1, 0.15) is 62.6 Å². The molecule has 1 aliphatic rings. The Morgan fingerprint density at radius 2 is 2.10 bits per heavy atom. The van der Waals surface area contributed by atoms with Gasteiger partial charge in [-0.05, 0) is 55.7 Å². The Labute approximate surface area is 123 Å². The highest BCUT2D eigenvalue weighted by Gasteiger charge is 2.18. The number of fused-ring (bicyclic) bond motifs is 1.